The third-order valence-corrected chi connectivity index (χ3v) is 5.58. The Morgan fingerprint density at radius 1 is 1.37 bits per heavy atom. The quantitative estimate of drug-likeness (QED) is 0.535. The zero-order valence-corrected chi connectivity index (χ0v) is 16.1. The van der Waals surface area contributed by atoms with E-state index in [0.717, 1.165) is 28.8 Å². The van der Waals surface area contributed by atoms with Gasteiger partial charge in [-0.2, -0.15) is 13.2 Å². The van der Waals surface area contributed by atoms with Crippen LogP contribution in [0.25, 0.3) is 10.7 Å². The molecule has 0 saturated heterocycles. The summed E-state index contributed by atoms with van der Waals surface area (Å²) in [6.07, 6.45) is -4.60. The first-order valence-electron chi connectivity index (χ1n) is 7.54. The maximum absolute atomic E-state index is 12.9. The van der Waals surface area contributed by atoms with Gasteiger partial charge in [-0.15, -0.1) is 16.4 Å². The average Bonchev–Trinajstić information content (AvgIpc) is 3.26. The molecule has 3 rings (SSSR count). The Hall–Kier alpha value is -2.04. The number of thiophene rings is 1. The number of benzene rings is 1. The van der Waals surface area contributed by atoms with E-state index in [1.54, 1.807) is 6.92 Å². The van der Waals surface area contributed by atoms with E-state index in [2.05, 4.69) is 20.5 Å². The number of alkyl halides is 3. The predicted molar refractivity (Wildman–Crippen MR) is 100 cm³/mol. The number of hydrogen-bond acceptors (Lipinski definition) is 5. The summed E-state index contributed by atoms with van der Waals surface area (Å²) >= 11 is 8.16. The number of H-pyrrole nitrogens is 1. The molecule has 0 saturated carbocycles. The van der Waals surface area contributed by atoms with Crippen LogP contribution in [0.2, 0.25) is 5.02 Å². The highest BCUT2D eigenvalue weighted by atomic mass is 35.5. The fraction of sp³-hybridized carbons (Fsp3) is 0.188. The van der Waals surface area contributed by atoms with E-state index >= 15 is 0 Å². The molecule has 1 aromatic carbocycles. The van der Waals surface area contributed by atoms with Crippen molar-refractivity contribution in [1.29, 1.82) is 0 Å². The number of aromatic amines is 1. The highest BCUT2D eigenvalue weighted by Gasteiger charge is 2.33. The predicted octanol–water partition coefficient (Wildman–Crippen LogP) is 5.32. The van der Waals surface area contributed by atoms with Crippen LogP contribution >= 0.6 is 34.7 Å². The van der Waals surface area contributed by atoms with E-state index in [9.17, 15) is 18.0 Å². The molecular formula is C16H12ClF3N4OS2. The highest BCUT2D eigenvalue weighted by Crippen LogP contribution is 2.36. The van der Waals surface area contributed by atoms with Crippen molar-refractivity contribution in [2.24, 2.45) is 0 Å². The average molecular weight is 433 g/mol. The lowest BCUT2D eigenvalue weighted by Gasteiger charge is -2.13. The van der Waals surface area contributed by atoms with Crippen LogP contribution in [0.4, 0.5) is 18.9 Å². The first-order valence-corrected chi connectivity index (χ1v) is 9.68. The van der Waals surface area contributed by atoms with Gasteiger partial charge in [0.15, 0.2) is 5.82 Å². The van der Waals surface area contributed by atoms with Gasteiger partial charge in [0.1, 0.15) is 0 Å². The molecular weight excluding hydrogens is 421 g/mol. The summed E-state index contributed by atoms with van der Waals surface area (Å²) in [6.45, 7) is 1.61. The number of halogens is 4. The normalized spacial score (nSPS) is 12.8. The molecule has 2 heterocycles. The van der Waals surface area contributed by atoms with Gasteiger partial charge in [-0.1, -0.05) is 29.4 Å². The van der Waals surface area contributed by atoms with E-state index in [0.29, 0.717) is 11.0 Å². The summed E-state index contributed by atoms with van der Waals surface area (Å²) in [5.74, 6) is 0.116. The van der Waals surface area contributed by atoms with Crippen LogP contribution < -0.4 is 5.32 Å². The topological polar surface area (TPSA) is 70.7 Å². The molecule has 27 heavy (non-hydrogen) atoms. The molecule has 5 nitrogen and oxygen atoms in total. The summed E-state index contributed by atoms with van der Waals surface area (Å²) in [7, 11) is 0. The maximum atomic E-state index is 12.9. The summed E-state index contributed by atoms with van der Waals surface area (Å²) in [4.78, 5) is 17.5. The number of amides is 1. The molecule has 11 heteroatoms. The second kappa shape index (κ2) is 7.91. The van der Waals surface area contributed by atoms with Crippen molar-refractivity contribution in [1.82, 2.24) is 15.2 Å². The molecule has 0 aliphatic rings. The first kappa shape index (κ1) is 19.7. The number of aromatic nitrogens is 3. The van der Waals surface area contributed by atoms with Gasteiger partial charge in [0.2, 0.25) is 11.1 Å². The molecule has 1 atom stereocenters. The molecule has 0 radical (unpaired) electrons. The number of rotatable bonds is 5. The van der Waals surface area contributed by atoms with Crippen molar-refractivity contribution in [2.75, 3.05) is 5.32 Å². The minimum Gasteiger partial charge on any atom is -0.325 e. The van der Waals surface area contributed by atoms with Crippen molar-refractivity contribution < 1.29 is 18.0 Å². The standard InChI is InChI=1S/C16H12ClF3N4OS2/c1-8(27-15-22-13(23-24-15)12-3-2-6-26-12)14(25)21-9-4-5-11(17)10(7-9)16(18,19)20/h2-8H,1H3,(H,21,25)(H,22,23,24). The number of carbonyl (C=O) groups excluding carboxylic acids is 1. The molecule has 0 bridgehead atoms. The number of anilines is 1. The Labute approximate surface area is 165 Å². The van der Waals surface area contributed by atoms with E-state index in [1.165, 1.54) is 17.4 Å². The Bertz CT molecular complexity index is 944. The lowest BCUT2D eigenvalue weighted by Crippen LogP contribution is -2.22. The van der Waals surface area contributed by atoms with Crippen LogP contribution in [0.3, 0.4) is 0 Å². The molecule has 1 unspecified atom stereocenters. The first-order chi connectivity index (χ1) is 12.7. The largest absolute Gasteiger partial charge is 0.417 e. The second-order valence-corrected chi connectivity index (χ2v) is 8.05. The third-order valence-electron chi connectivity index (χ3n) is 3.41. The fourth-order valence-electron chi connectivity index (χ4n) is 2.10. The van der Waals surface area contributed by atoms with Crippen molar-refractivity contribution in [3.05, 3.63) is 46.3 Å². The molecule has 3 aromatic rings. The Balaban J connectivity index is 1.66. The summed E-state index contributed by atoms with van der Waals surface area (Å²) in [6, 6.07) is 6.98. The molecule has 2 N–H and O–H groups in total. The Morgan fingerprint density at radius 2 is 2.15 bits per heavy atom. The maximum Gasteiger partial charge on any atom is 0.417 e. The van der Waals surface area contributed by atoms with Crippen LogP contribution in [0.15, 0.2) is 40.9 Å². The zero-order valence-electron chi connectivity index (χ0n) is 13.7. The number of nitrogens with zero attached hydrogens (tertiary/aromatic N) is 2. The summed E-state index contributed by atoms with van der Waals surface area (Å²) in [5.41, 5.74) is -0.990. The van der Waals surface area contributed by atoms with Crippen molar-refractivity contribution >= 4 is 46.3 Å². The third kappa shape index (κ3) is 4.82. The van der Waals surface area contributed by atoms with Crippen molar-refractivity contribution in [3.8, 4) is 10.7 Å². The lowest BCUT2D eigenvalue weighted by atomic mass is 10.2. The smallest absolute Gasteiger partial charge is 0.325 e. The zero-order chi connectivity index (χ0) is 19.6. The van der Waals surface area contributed by atoms with Gasteiger partial charge in [-0.3, -0.25) is 9.89 Å². The van der Waals surface area contributed by atoms with Gasteiger partial charge >= 0.3 is 6.18 Å². The van der Waals surface area contributed by atoms with E-state index in [-0.39, 0.29) is 5.69 Å². The molecule has 0 aliphatic carbocycles. The Morgan fingerprint density at radius 3 is 2.81 bits per heavy atom. The number of thioether (sulfide) groups is 1. The fourth-order valence-corrected chi connectivity index (χ4v) is 3.71. The van der Waals surface area contributed by atoms with Crippen LogP contribution in [-0.2, 0) is 11.0 Å². The van der Waals surface area contributed by atoms with Gasteiger partial charge in [0, 0.05) is 5.69 Å². The van der Waals surface area contributed by atoms with Crippen LogP contribution in [0.5, 0.6) is 0 Å². The summed E-state index contributed by atoms with van der Waals surface area (Å²) in [5, 5.41) is 10.5. The van der Waals surface area contributed by atoms with E-state index in [4.69, 9.17) is 11.6 Å². The van der Waals surface area contributed by atoms with Crippen molar-refractivity contribution in [3.63, 3.8) is 0 Å². The molecule has 1 amide bonds. The lowest BCUT2D eigenvalue weighted by molar-refractivity contribution is -0.137. The summed E-state index contributed by atoms with van der Waals surface area (Å²) < 4.78 is 38.7. The SMILES string of the molecule is CC(Sc1n[nH]c(-c2cccs2)n1)C(=O)Nc1ccc(Cl)c(C(F)(F)F)c1. The molecule has 0 fully saturated rings. The molecule has 2 aromatic heterocycles. The molecule has 0 spiro atoms. The van der Waals surface area contributed by atoms with E-state index < -0.39 is 27.9 Å². The van der Waals surface area contributed by atoms with Gasteiger partial charge in [0.05, 0.1) is 20.7 Å². The van der Waals surface area contributed by atoms with Gasteiger partial charge < -0.3 is 5.32 Å². The van der Waals surface area contributed by atoms with Crippen LogP contribution in [0, 0.1) is 0 Å². The minimum atomic E-state index is -4.60. The highest BCUT2D eigenvalue weighted by molar-refractivity contribution is 8.00. The number of hydrogen-bond donors (Lipinski definition) is 2. The molecule has 142 valence electrons. The Kier molecular flexibility index (Phi) is 5.78. The van der Waals surface area contributed by atoms with Gasteiger partial charge in [0.25, 0.3) is 0 Å². The van der Waals surface area contributed by atoms with Gasteiger partial charge in [-0.25, -0.2) is 4.98 Å². The van der Waals surface area contributed by atoms with Crippen LogP contribution in [0.1, 0.15) is 12.5 Å². The minimum absolute atomic E-state index is 0.0124. The van der Waals surface area contributed by atoms with Gasteiger partial charge in [-0.05, 0) is 36.6 Å². The second-order valence-electron chi connectivity index (χ2n) is 5.39. The van der Waals surface area contributed by atoms with Crippen LogP contribution in [-0.4, -0.2) is 26.3 Å². The number of carbonyl (C=O) groups is 1. The molecule has 0 aliphatic heterocycles. The number of nitrogens with one attached hydrogen (secondary N) is 2. The monoisotopic (exact) mass is 432 g/mol. The van der Waals surface area contributed by atoms with E-state index in [1.807, 2.05) is 17.5 Å². The van der Waals surface area contributed by atoms with Crippen molar-refractivity contribution in [2.45, 2.75) is 23.5 Å².